The summed E-state index contributed by atoms with van der Waals surface area (Å²) in [6, 6.07) is 9.01. The Balaban J connectivity index is 1.61. The van der Waals surface area contributed by atoms with E-state index in [-0.39, 0.29) is 35.0 Å². The van der Waals surface area contributed by atoms with E-state index in [1.165, 1.54) is 28.8 Å². The van der Waals surface area contributed by atoms with E-state index in [2.05, 4.69) is 0 Å². The van der Waals surface area contributed by atoms with Crippen LogP contribution in [0.5, 0.6) is 11.8 Å². The standard InChI is InChI=1S/C21H25NO6S/c23-18-9-10-19(24)22(18)12-13-5-7-15(8-6-13)29(27,28)20-16-4-2-1-3-14(16)11-17(20)21(25)26/h5-10,14,16-17,20,23-24H,1-4,11-12H2,(H,25,26)/t14-,16-,17-,20?/m0/s1. The molecule has 156 valence electrons. The van der Waals surface area contributed by atoms with Crippen LogP contribution in [0.2, 0.25) is 0 Å². The lowest BCUT2D eigenvalue weighted by Crippen LogP contribution is -2.36. The number of benzene rings is 1. The summed E-state index contributed by atoms with van der Waals surface area (Å²) in [6.45, 7) is 0.191. The molecule has 0 spiro atoms. The molecule has 2 aliphatic carbocycles. The van der Waals surface area contributed by atoms with Crippen LogP contribution in [0.15, 0.2) is 41.3 Å². The van der Waals surface area contributed by atoms with Gasteiger partial charge in [0.1, 0.15) is 0 Å². The van der Waals surface area contributed by atoms with Crippen molar-refractivity contribution in [2.45, 2.75) is 48.8 Å². The zero-order valence-corrected chi connectivity index (χ0v) is 16.8. The second-order valence-electron chi connectivity index (χ2n) is 8.18. The third-order valence-electron chi connectivity index (χ3n) is 6.55. The molecule has 0 saturated heterocycles. The Labute approximate surface area is 169 Å². The first kappa shape index (κ1) is 19.8. The fraction of sp³-hybridized carbons (Fsp3) is 0.476. The first-order valence-electron chi connectivity index (χ1n) is 9.92. The van der Waals surface area contributed by atoms with Crippen LogP contribution in [0, 0.1) is 17.8 Å². The number of carbonyl (C=O) groups is 1. The van der Waals surface area contributed by atoms with E-state index in [1.807, 2.05) is 0 Å². The Morgan fingerprint density at radius 2 is 1.62 bits per heavy atom. The van der Waals surface area contributed by atoms with Gasteiger partial charge in [0.25, 0.3) is 0 Å². The van der Waals surface area contributed by atoms with Gasteiger partial charge in [0, 0.05) is 12.1 Å². The van der Waals surface area contributed by atoms with Crippen molar-refractivity contribution in [2.75, 3.05) is 0 Å². The molecule has 0 aliphatic heterocycles. The molecule has 3 N–H and O–H groups in total. The Bertz CT molecular complexity index is 991. The molecule has 8 heteroatoms. The lowest BCUT2D eigenvalue weighted by molar-refractivity contribution is -0.141. The molecule has 7 nitrogen and oxygen atoms in total. The minimum Gasteiger partial charge on any atom is -0.494 e. The van der Waals surface area contributed by atoms with Crippen molar-refractivity contribution in [2.24, 2.45) is 17.8 Å². The van der Waals surface area contributed by atoms with E-state index in [0.29, 0.717) is 12.0 Å². The number of fused-ring (bicyclic) bond motifs is 1. The fourth-order valence-corrected chi connectivity index (χ4v) is 7.45. The van der Waals surface area contributed by atoms with Gasteiger partial charge in [-0.05, 0) is 42.4 Å². The number of aromatic hydroxyl groups is 2. The predicted octanol–water partition coefficient (Wildman–Crippen LogP) is 3.00. The highest BCUT2D eigenvalue weighted by Crippen LogP contribution is 2.49. The number of hydrogen-bond donors (Lipinski definition) is 3. The van der Waals surface area contributed by atoms with Crippen molar-refractivity contribution in [3.63, 3.8) is 0 Å². The van der Waals surface area contributed by atoms with E-state index < -0.39 is 27.0 Å². The largest absolute Gasteiger partial charge is 0.494 e. The van der Waals surface area contributed by atoms with Gasteiger partial charge in [0.15, 0.2) is 21.6 Å². The molecule has 1 aromatic carbocycles. The average Bonchev–Trinajstić information content (AvgIpc) is 3.24. The number of nitrogens with zero attached hydrogens (tertiary/aromatic N) is 1. The molecular weight excluding hydrogens is 394 g/mol. The summed E-state index contributed by atoms with van der Waals surface area (Å²) in [5, 5.41) is 28.3. The zero-order chi connectivity index (χ0) is 20.8. The summed E-state index contributed by atoms with van der Waals surface area (Å²) in [7, 11) is -3.78. The number of aliphatic carboxylic acids is 1. The first-order chi connectivity index (χ1) is 13.8. The van der Waals surface area contributed by atoms with Crippen LogP contribution in [-0.2, 0) is 21.2 Å². The summed E-state index contributed by atoms with van der Waals surface area (Å²) < 4.78 is 28.1. The molecular formula is C21H25NO6S. The Hall–Kier alpha value is -2.48. The van der Waals surface area contributed by atoms with Crippen LogP contribution < -0.4 is 0 Å². The van der Waals surface area contributed by atoms with Crippen molar-refractivity contribution in [3.8, 4) is 11.8 Å². The number of carboxylic acids is 1. The van der Waals surface area contributed by atoms with Crippen molar-refractivity contribution in [1.82, 2.24) is 4.57 Å². The minimum atomic E-state index is -3.78. The van der Waals surface area contributed by atoms with Crippen LogP contribution in [-0.4, -0.2) is 39.5 Å². The maximum Gasteiger partial charge on any atom is 0.307 e. The SMILES string of the molecule is O=C(O)[C@H]1C[C@@H]2CCCC[C@@H]2C1S(=O)(=O)c1ccc(Cn2c(O)ccc2O)cc1. The van der Waals surface area contributed by atoms with Gasteiger partial charge in [-0.1, -0.05) is 31.4 Å². The van der Waals surface area contributed by atoms with Crippen molar-refractivity contribution in [3.05, 3.63) is 42.0 Å². The van der Waals surface area contributed by atoms with Crippen LogP contribution in [0.3, 0.4) is 0 Å². The van der Waals surface area contributed by atoms with E-state index in [1.54, 1.807) is 12.1 Å². The van der Waals surface area contributed by atoms with E-state index in [4.69, 9.17) is 0 Å². The molecule has 2 saturated carbocycles. The molecule has 2 aliphatic rings. The lowest BCUT2D eigenvalue weighted by atomic mass is 9.82. The van der Waals surface area contributed by atoms with Crippen LogP contribution in [0.25, 0.3) is 0 Å². The van der Waals surface area contributed by atoms with Gasteiger partial charge >= 0.3 is 5.97 Å². The summed E-state index contributed by atoms with van der Waals surface area (Å²) in [5.41, 5.74) is 0.711. The monoisotopic (exact) mass is 419 g/mol. The van der Waals surface area contributed by atoms with Crippen LogP contribution in [0.1, 0.15) is 37.7 Å². The van der Waals surface area contributed by atoms with Gasteiger partial charge in [0.2, 0.25) is 0 Å². The molecule has 2 fully saturated rings. The van der Waals surface area contributed by atoms with Crippen LogP contribution >= 0.6 is 0 Å². The van der Waals surface area contributed by atoms with Gasteiger partial charge in [-0.2, -0.15) is 0 Å². The van der Waals surface area contributed by atoms with Crippen LogP contribution in [0.4, 0.5) is 0 Å². The number of rotatable bonds is 5. The summed E-state index contributed by atoms with van der Waals surface area (Å²) >= 11 is 0. The smallest absolute Gasteiger partial charge is 0.307 e. The van der Waals surface area contributed by atoms with Gasteiger partial charge in [-0.3, -0.25) is 9.36 Å². The van der Waals surface area contributed by atoms with Crippen molar-refractivity contribution < 1.29 is 28.5 Å². The molecule has 1 aromatic heterocycles. The second kappa shape index (κ2) is 7.40. The predicted molar refractivity (Wildman–Crippen MR) is 105 cm³/mol. The van der Waals surface area contributed by atoms with Crippen molar-refractivity contribution >= 4 is 15.8 Å². The molecule has 4 atom stereocenters. The molecule has 2 aromatic rings. The lowest BCUT2D eigenvalue weighted by Gasteiger charge is -2.29. The second-order valence-corrected chi connectivity index (χ2v) is 10.3. The number of hydrogen-bond acceptors (Lipinski definition) is 5. The summed E-state index contributed by atoms with van der Waals surface area (Å²) in [5.74, 6) is -1.98. The van der Waals surface area contributed by atoms with Gasteiger partial charge in [-0.15, -0.1) is 0 Å². The normalized spacial score (nSPS) is 26.9. The number of carboxylic acid groups (broad SMARTS) is 1. The highest BCUT2D eigenvalue weighted by molar-refractivity contribution is 7.92. The summed E-state index contributed by atoms with van der Waals surface area (Å²) in [4.78, 5) is 11.9. The van der Waals surface area contributed by atoms with E-state index >= 15 is 0 Å². The third-order valence-corrected chi connectivity index (χ3v) is 8.87. The highest BCUT2D eigenvalue weighted by atomic mass is 32.2. The molecule has 0 radical (unpaired) electrons. The number of sulfone groups is 1. The summed E-state index contributed by atoms with van der Waals surface area (Å²) in [6.07, 6.45) is 4.09. The number of aromatic nitrogens is 1. The maximum absolute atomic E-state index is 13.4. The Kier molecular flexibility index (Phi) is 5.06. The van der Waals surface area contributed by atoms with E-state index in [9.17, 15) is 28.5 Å². The van der Waals surface area contributed by atoms with Crippen molar-refractivity contribution in [1.29, 1.82) is 0 Å². The molecule has 29 heavy (non-hydrogen) atoms. The molecule has 0 amide bonds. The first-order valence-corrected chi connectivity index (χ1v) is 11.5. The Morgan fingerprint density at radius 1 is 1.00 bits per heavy atom. The zero-order valence-electron chi connectivity index (χ0n) is 15.9. The quantitative estimate of drug-likeness (QED) is 0.686. The van der Waals surface area contributed by atoms with Gasteiger partial charge < -0.3 is 15.3 Å². The molecule has 4 rings (SSSR count). The third kappa shape index (κ3) is 3.50. The highest BCUT2D eigenvalue weighted by Gasteiger charge is 2.53. The molecule has 1 heterocycles. The fourth-order valence-electron chi connectivity index (χ4n) is 5.14. The Morgan fingerprint density at radius 3 is 2.24 bits per heavy atom. The van der Waals surface area contributed by atoms with E-state index in [0.717, 1.165) is 25.7 Å². The maximum atomic E-state index is 13.4. The minimum absolute atomic E-state index is 0.0854. The topological polar surface area (TPSA) is 117 Å². The van der Waals surface area contributed by atoms with Gasteiger partial charge in [-0.25, -0.2) is 8.42 Å². The molecule has 0 bridgehead atoms. The van der Waals surface area contributed by atoms with Gasteiger partial charge in [0.05, 0.1) is 22.6 Å². The average molecular weight is 419 g/mol. The molecule has 1 unspecified atom stereocenters.